The number of nitrogens with one attached hydrogen (secondary N) is 1. The Hall–Kier alpha value is -1.39. The molecule has 1 atom stereocenters. The van der Waals surface area contributed by atoms with Crippen LogP contribution in [0.15, 0.2) is 18.2 Å². The van der Waals surface area contributed by atoms with Crippen LogP contribution in [0.1, 0.15) is 35.7 Å². The molecule has 0 aromatic heterocycles. The molecule has 0 amide bonds. The molecule has 0 radical (unpaired) electrons. The van der Waals surface area contributed by atoms with Crippen molar-refractivity contribution in [2.24, 2.45) is 0 Å². The third-order valence-electron chi connectivity index (χ3n) is 5.06. The summed E-state index contributed by atoms with van der Waals surface area (Å²) in [6.45, 7) is 4.96. The Bertz CT molecular complexity index is 549. The van der Waals surface area contributed by atoms with Crippen LogP contribution in [0.4, 0.5) is 5.69 Å². The lowest BCUT2D eigenvalue weighted by Crippen LogP contribution is -2.43. The van der Waals surface area contributed by atoms with Gasteiger partial charge in [0.05, 0.1) is 6.54 Å². The topological polar surface area (TPSA) is 35.6 Å². The fourth-order valence-electron chi connectivity index (χ4n) is 3.61. The number of likely N-dealkylation sites (N-methyl/N-ethyl adjacent to an activating group) is 1. The summed E-state index contributed by atoms with van der Waals surface area (Å²) in [5.74, 6) is 0.240. The van der Waals surface area contributed by atoms with E-state index in [0.29, 0.717) is 18.6 Å². The van der Waals surface area contributed by atoms with Gasteiger partial charge >= 0.3 is 0 Å². The monoisotopic (exact) mass is 301 g/mol. The Morgan fingerprint density at radius 2 is 2.09 bits per heavy atom. The third-order valence-corrected chi connectivity index (χ3v) is 5.06. The molecule has 3 rings (SSSR count). The van der Waals surface area contributed by atoms with E-state index in [1.807, 2.05) is 6.07 Å². The van der Waals surface area contributed by atoms with Gasteiger partial charge in [0.25, 0.3) is 0 Å². The zero-order chi connectivity index (χ0) is 15.7. The number of fused-ring (bicyclic) bond motifs is 1. The lowest BCUT2D eigenvalue weighted by atomic mass is 10.0. The van der Waals surface area contributed by atoms with Gasteiger partial charge in [0, 0.05) is 23.3 Å². The van der Waals surface area contributed by atoms with Gasteiger partial charge in [-0.15, -0.1) is 0 Å². The SMILES string of the molecule is CC1Cc2cc(C(=O)CN(C)C3CCN(C)CC3)ccc2N1. The molecule has 4 nitrogen and oxygen atoms in total. The molecule has 0 spiro atoms. The summed E-state index contributed by atoms with van der Waals surface area (Å²) in [5, 5.41) is 3.43. The fraction of sp³-hybridized carbons (Fsp3) is 0.611. The fourth-order valence-corrected chi connectivity index (χ4v) is 3.61. The minimum Gasteiger partial charge on any atom is -0.382 e. The number of carbonyl (C=O) groups is 1. The summed E-state index contributed by atoms with van der Waals surface area (Å²) in [5.41, 5.74) is 3.32. The molecule has 0 aliphatic carbocycles. The summed E-state index contributed by atoms with van der Waals surface area (Å²) >= 11 is 0. The number of hydrogen-bond acceptors (Lipinski definition) is 4. The molecule has 1 saturated heterocycles. The van der Waals surface area contributed by atoms with Crippen LogP contribution in [0.5, 0.6) is 0 Å². The first-order valence-corrected chi connectivity index (χ1v) is 8.34. The molecule has 1 fully saturated rings. The quantitative estimate of drug-likeness (QED) is 0.865. The Balaban J connectivity index is 1.61. The number of likely N-dealkylation sites (tertiary alicyclic amines) is 1. The number of carbonyl (C=O) groups excluding carboxylic acids is 1. The smallest absolute Gasteiger partial charge is 0.176 e. The minimum atomic E-state index is 0.240. The number of hydrogen-bond donors (Lipinski definition) is 1. The second-order valence-corrected chi connectivity index (χ2v) is 6.99. The van der Waals surface area contributed by atoms with E-state index in [0.717, 1.165) is 37.9 Å². The number of nitrogens with zero attached hydrogens (tertiary/aromatic N) is 2. The van der Waals surface area contributed by atoms with Crippen LogP contribution in [-0.4, -0.2) is 61.4 Å². The highest BCUT2D eigenvalue weighted by molar-refractivity contribution is 5.98. The zero-order valence-corrected chi connectivity index (χ0v) is 13.9. The van der Waals surface area contributed by atoms with Crippen molar-refractivity contribution in [3.8, 4) is 0 Å². The molecular weight excluding hydrogens is 274 g/mol. The van der Waals surface area contributed by atoms with Gasteiger partial charge in [0.1, 0.15) is 0 Å². The van der Waals surface area contributed by atoms with Gasteiger partial charge in [-0.25, -0.2) is 0 Å². The van der Waals surface area contributed by atoms with E-state index in [9.17, 15) is 4.79 Å². The second-order valence-electron chi connectivity index (χ2n) is 6.99. The number of benzene rings is 1. The summed E-state index contributed by atoms with van der Waals surface area (Å²) in [4.78, 5) is 17.2. The van der Waals surface area contributed by atoms with Crippen LogP contribution in [-0.2, 0) is 6.42 Å². The Kier molecular flexibility index (Phi) is 4.50. The summed E-state index contributed by atoms with van der Waals surface area (Å²) in [7, 11) is 4.26. The number of ketones is 1. The van der Waals surface area contributed by atoms with E-state index in [-0.39, 0.29) is 5.78 Å². The molecular formula is C18H27N3O. The number of Topliss-reactive ketones (excluding diaryl/α,β-unsaturated/α-hetero) is 1. The molecule has 1 aromatic rings. The van der Waals surface area contributed by atoms with Crippen LogP contribution in [0.25, 0.3) is 0 Å². The highest BCUT2D eigenvalue weighted by Gasteiger charge is 2.23. The van der Waals surface area contributed by atoms with Crippen molar-refractivity contribution in [3.05, 3.63) is 29.3 Å². The van der Waals surface area contributed by atoms with Crippen LogP contribution in [0.3, 0.4) is 0 Å². The first-order chi connectivity index (χ1) is 10.5. The predicted molar refractivity (Wildman–Crippen MR) is 90.7 cm³/mol. The van der Waals surface area contributed by atoms with Gasteiger partial charge in [-0.3, -0.25) is 9.69 Å². The van der Waals surface area contributed by atoms with E-state index >= 15 is 0 Å². The third kappa shape index (κ3) is 3.33. The standard InChI is InChI=1S/C18H27N3O/c1-13-10-15-11-14(4-5-17(15)19-13)18(22)12-21(3)16-6-8-20(2)9-7-16/h4-5,11,13,16,19H,6-10,12H2,1-3H3. The van der Waals surface area contributed by atoms with Gasteiger partial charge in [-0.05, 0) is 77.1 Å². The van der Waals surface area contributed by atoms with Crippen LogP contribution in [0.2, 0.25) is 0 Å². The summed E-state index contributed by atoms with van der Waals surface area (Å²) < 4.78 is 0. The molecule has 22 heavy (non-hydrogen) atoms. The van der Waals surface area contributed by atoms with Crippen LogP contribution >= 0.6 is 0 Å². The van der Waals surface area contributed by atoms with Gasteiger partial charge in [-0.2, -0.15) is 0 Å². The molecule has 2 heterocycles. The van der Waals surface area contributed by atoms with E-state index < -0.39 is 0 Å². The maximum atomic E-state index is 12.6. The van der Waals surface area contributed by atoms with Gasteiger partial charge < -0.3 is 10.2 Å². The number of anilines is 1. The van der Waals surface area contributed by atoms with Crippen LogP contribution < -0.4 is 5.32 Å². The zero-order valence-electron chi connectivity index (χ0n) is 13.9. The predicted octanol–water partition coefficient (Wildman–Crippen LogP) is 2.25. The number of piperidine rings is 1. The highest BCUT2D eigenvalue weighted by atomic mass is 16.1. The van der Waals surface area contributed by atoms with Crippen molar-refractivity contribution in [3.63, 3.8) is 0 Å². The molecule has 1 N–H and O–H groups in total. The van der Waals surface area contributed by atoms with E-state index in [2.05, 4.69) is 48.3 Å². The molecule has 2 aliphatic heterocycles. The molecule has 0 bridgehead atoms. The first-order valence-electron chi connectivity index (χ1n) is 8.34. The van der Waals surface area contributed by atoms with Crippen molar-refractivity contribution in [1.29, 1.82) is 0 Å². The lowest BCUT2D eigenvalue weighted by molar-refractivity contribution is 0.0871. The minimum absolute atomic E-state index is 0.240. The van der Waals surface area contributed by atoms with E-state index in [1.54, 1.807) is 0 Å². The van der Waals surface area contributed by atoms with Crippen molar-refractivity contribution >= 4 is 11.5 Å². The molecule has 120 valence electrons. The molecule has 0 saturated carbocycles. The lowest BCUT2D eigenvalue weighted by Gasteiger charge is -2.34. The maximum absolute atomic E-state index is 12.6. The van der Waals surface area contributed by atoms with Crippen molar-refractivity contribution in [2.45, 2.75) is 38.3 Å². The molecule has 4 heteroatoms. The molecule has 1 unspecified atom stereocenters. The van der Waals surface area contributed by atoms with Crippen LogP contribution in [0, 0.1) is 0 Å². The largest absolute Gasteiger partial charge is 0.382 e. The Morgan fingerprint density at radius 1 is 1.36 bits per heavy atom. The number of rotatable bonds is 4. The summed E-state index contributed by atoms with van der Waals surface area (Å²) in [6.07, 6.45) is 3.33. The van der Waals surface area contributed by atoms with Crippen molar-refractivity contribution < 1.29 is 4.79 Å². The highest BCUT2D eigenvalue weighted by Crippen LogP contribution is 2.27. The van der Waals surface area contributed by atoms with Crippen molar-refractivity contribution in [2.75, 3.05) is 39.0 Å². The maximum Gasteiger partial charge on any atom is 0.176 e. The van der Waals surface area contributed by atoms with Gasteiger partial charge in [-0.1, -0.05) is 0 Å². The first kappa shape index (κ1) is 15.5. The average Bonchev–Trinajstić information content (AvgIpc) is 2.86. The molecule has 2 aliphatic rings. The average molecular weight is 301 g/mol. The second kappa shape index (κ2) is 6.39. The Labute approximate surface area is 133 Å². The van der Waals surface area contributed by atoms with Gasteiger partial charge in [0.2, 0.25) is 0 Å². The normalized spacial score (nSPS) is 22.6. The van der Waals surface area contributed by atoms with E-state index in [1.165, 1.54) is 11.3 Å². The molecule has 1 aromatic carbocycles. The van der Waals surface area contributed by atoms with Crippen molar-refractivity contribution in [1.82, 2.24) is 9.80 Å². The Morgan fingerprint density at radius 3 is 2.82 bits per heavy atom. The summed E-state index contributed by atoms with van der Waals surface area (Å²) in [6, 6.07) is 7.12. The van der Waals surface area contributed by atoms with Gasteiger partial charge in [0.15, 0.2) is 5.78 Å². The van der Waals surface area contributed by atoms with E-state index in [4.69, 9.17) is 0 Å².